The molecule has 1 aromatic rings. The van der Waals surface area contributed by atoms with E-state index >= 15 is 0 Å². The van der Waals surface area contributed by atoms with Gasteiger partial charge in [0, 0.05) is 25.0 Å². The fourth-order valence-electron chi connectivity index (χ4n) is 1.10. The zero-order chi connectivity index (χ0) is 12.0. The first kappa shape index (κ1) is 12.8. The van der Waals surface area contributed by atoms with Crippen molar-refractivity contribution in [1.29, 1.82) is 0 Å². The van der Waals surface area contributed by atoms with Gasteiger partial charge in [-0.3, -0.25) is 4.79 Å². The molecule has 0 saturated heterocycles. The molecule has 0 aliphatic heterocycles. The van der Waals surface area contributed by atoms with Crippen molar-refractivity contribution >= 4 is 23.5 Å². The number of anilines is 1. The van der Waals surface area contributed by atoms with Gasteiger partial charge in [-0.1, -0.05) is 6.92 Å². The number of carbonyl (C=O) groups excluding carboxylic acids is 1. The zero-order valence-corrected chi connectivity index (χ0v) is 10.6. The van der Waals surface area contributed by atoms with Crippen LogP contribution in [0.2, 0.25) is 0 Å². The molecule has 1 atom stereocenters. The number of pyridine rings is 1. The highest BCUT2D eigenvalue weighted by Crippen LogP contribution is 2.05. The maximum Gasteiger partial charge on any atom is 0.252 e. The van der Waals surface area contributed by atoms with Crippen LogP contribution in [0.25, 0.3) is 0 Å². The quantitative estimate of drug-likeness (QED) is 0.819. The van der Waals surface area contributed by atoms with E-state index in [1.54, 1.807) is 37.1 Å². The molecule has 2 N–H and O–H groups in total. The topological polar surface area (TPSA) is 54.0 Å². The second-order valence-corrected chi connectivity index (χ2v) is 4.71. The van der Waals surface area contributed by atoms with Gasteiger partial charge >= 0.3 is 0 Å². The van der Waals surface area contributed by atoms with Gasteiger partial charge in [0.1, 0.15) is 5.82 Å². The van der Waals surface area contributed by atoms with Crippen molar-refractivity contribution in [2.24, 2.45) is 0 Å². The molecule has 0 fully saturated rings. The normalized spacial score (nSPS) is 11.9. The molecule has 16 heavy (non-hydrogen) atoms. The molecule has 1 unspecified atom stereocenters. The number of amides is 1. The smallest absolute Gasteiger partial charge is 0.252 e. The number of nitrogens with one attached hydrogen (secondary N) is 2. The Hall–Kier alpha value is -1.23. The molecule has 0 radical (unpaired) electrons. The van der Waals surface area contributed by atoms with Gasteiger partial charge in [-0.25, -0.2) is 4.98 Å². The number of hydrogen-bond donors (Lipinski definition) is 2. The third-order valence-electron chi connectivity index (χ3n) is 2.23. The molecule has 0 spiro atoms. The highest BCUT2D eigenvalue weighted by atomic mass is 32.2. The van der Waals surface area contributed by atoms with Crippen LogP contribution >= 0.6 is 11.8 Å². The van der Waals surface area contributed by atoms with Gasteiger partial charge in [0.05, 0.1) is 5.56 Å². The van der Waals surface area contributed by atoms with Gasteiger partial charge in [0.25, 0.3) is 5.91 Å². The van der Waals surface area contributed by atoms with Crippen molar-refractivity contribution in [3.8, 4) is 0 Å². The second kappa shape index (κ2) is 6.37. The Kier molecular flexibility index (Phi) is 5.11. The Balaban J connectivity index is 2.52. The number of rotatable bonds is 5. The van der Waals surface area contributed by atoms with Crippen LogP contribution in [0.4, 0.5) is 5.82 Å². The molecule has 1 rings (SSSR count). The van der Waals surface area contributed by atoms with Gasteiger partial charge < -0.3 is 10.6 Å². The number of carbonyl (C=O) groups is 1. The fraction of sp³-hybridized carbons (Fsp3) is 0.455. The van der Waals surface area contributed by atoms with Crippen LogP contribution in [0, 0.1) is 0 Å². The van der Waals surface area contributed by atoms with Gasteiger partial charge in [0.2, 0.25) is 0 Å². The Labute approximate surface area is 100 Å². The first-order valence-corrected chi connectivity index (χ1v) is 6.41. The van der Waals surface area contributed by atoms with Crippen molar-refractivity contribution in [2.45, 2.75) is 12.2 Å². The van der Waals surface area contributed by atoms with E-state index in [2.05, 4.69) is 22.5 Å². The van der Waals surface area contributed by atoms with Crippen LogP contribution in [-0.2, 0) is 0 Å². The van der Waals surface area contributed by atoms with Crippen LogP contribution in [0.15, 0.2) is 18.3 Å². The molecule has 0 aromatic carbocycles. The average molecular weight is 239 g/mol. The van der Waals surface area contributed by atoms with Crippen LogP contribution in [0.5, 0.6) is 0 Å². The summed E-state index contributed by atoms with van der Waals surface area (Å²) in [6.45, 7) is 2.75. The lowest BCUT2D eigenvalue weighted by molar-refractivity contribution is 0.0954. The monoisotopic (exact) mass is 239 g/mol. The number of nitrogens with zero attached hydrogens (tertiary/aromatic N) is 1. The molecule has 88 valence electrons. The largest absolute Gasteiger partial charge is 0.373 e. The maximum atomic E-state index is 11.7. The van der Waals surface area contributed by atoms with Crippen LogP contribution in [0.1, 0.15) is 17.3 Å². The Bertz CT molecular complexity index is 340. The van der Waals surface area contributed by atoms with E-state index in [1.165, 1.54) is 0 Å². The molecule has 1 heterocycles. The second-order valence-electron chi connectivity index (χ2n) is 3.44. The molecule has 5 heteroatoms. The average Bonchev–Trinajstić information content (AvgIpc) is 2.35. The number of aromatic nitrogens is 1. The highest BCUT2D eigenvalue weighted by molar-refractivity contribution is 7.99. The molecular formula is C11H17N3OS. The Morgan fingerprint density at radius 1 is 1.56 bits per heavy atom. The van der Waals surface area contributed by atoms with E-state index in [-0.39, 0.29) is 5.91 Å². The molecule has 4 nitrogen and oxygen atoms in total. The van der Waals surface area contributed by atoms with Crippen molar-refractivity contribution < 1.29 is 4.79 Å². The van der Waals surface area contributed by atoms with Gasteiger partial charge in [-0.2, -0.15) is 11.8 Å². The van der Waals surface area contributed by atoms with Crippen molar-refractivity contribution in [2.75, 3.05) is 25.2 Å². The van der Waals surface area contributed by atoms with Gasteiger partial charge in [-0.05, 0) is 18.4 Å². The van der Waals surface area contributed by atoms with Crippen LogP contribution in [-0.4, -0.2) is 36.0 Å². The maximum absolute atomic E-state index is 11.7. The Morgan fingerprint density at radius 2 is 2.31 bits per heavy atom. The predicted octanol–water partition coefficient (Wildman–Crippen LogP) is 1.60. The summed E-state index contributed by atoms with van der Waals surface area (Å²) in [5.41, 5.74) is 0.590. The Morgan fingerprint density at radius 3 is 2.81 bits per heavy atom. The van der Waals surface area contributed by atoms with E-state index in [1.807, 2.05) is 6.26 Å². The van der Waals surface area contributed by atoms with Crippen LogP contribution in [0.3, 0.4) is 0 Å². The molecule has 1 amide bonds. The van der Waals surface area contributed by atoms with Crippen molar-refractivity contribution in [1.82, 2.24) is 10.3 Å². The SMILES string of the molecule is CNc1ccc(C(=O)NCC(C)SC)cn1. The summed E-state index contributed by atoms with van der Waals surface area (Å²) in [6, 6.07) is 3.55. The summed E-state index contributed by atoms with van der Waals surface area (Å²) in [4.78, 5) is 15.8. The van der Waals surface area contributed by atoms with E-state index in [0.29, 0.717) is 17.4 Å². The van der Waals surface area contributed by atoms with E-state index in [0.717, 1.165) is 5.82 Å². The first-order chi connectivity index (χ1) is 7.67. The summed E-state index contributed by atoms with van der Waals surface area (Å²) in [7, 11) is 1.79. The predicted molar refractivity (Wildman–Crippen MR) is 69.1 cm³/mol. The minimum atomic E-state index is -0.0731. The standard InChI is InChI=1S/C11H17N3OS/c1-8(16-3)6-14-11(15)9-4-5-10(12-2)13-7-9/h4-5,7-8H,6H2,1-3H3,(H,12,13)(H,14,15). The summed E-state index contributed by atoms with van der Waals surface area (Å²) >= 11 is 1.73. The lowest BCUT2D eigenvalue weighted by atomic mass is 10.2. The van der Waals surface area contributed by atoms with E-state index < -0.39 is 0 Å². The zero-order valence-electron chi connectivity index (χ0n) is 9.78. The molecule has 0 saturated carbocycles. The minimum Gasteiger partial charge on any atom is -0.373 e. The van der Waals surface area contributed by atoms with Crippen molar-refractivity contribution in [3.63, 3.8) is 0 Å². The van der Waals surface area contributed by atoms with E-state index in [4.69, 9.17) is 0 Å². The molecule has 1 aromatic heterocycles. The third kappa shape index (κ3) is 3.73. The third-order valence-corrected chi connectivity index (χ3v) is 3.21. The van der Waals surface area contributed by atoms with Gasteiger partial charge in [0.15, 0.2) is 0 Å². The van der Waals surface area contributed by atoms with Crippen LogP contribution < -0.4 is 10.6 Å². The molecule has 0 aliphatic rings. The number of hydrogen-bond acceptors (Lipinski definition) is 4. The fourth-order valence-corrected chi connectivity index (χ4v) is 1.35. The number of thioether (sulfide) groups is 1. The molecule has 0 aliphatic carbocycles. The summed E-state index contributed by atoms with van der Waals surface area (Å²) < 4.78 is 0. The summed E-state index contributed by atoms with van der Waals surface area (Å²) in [5, 5.41) is 6.20. The van der Waals surface area contributed by atoms with Gasteiger partial charge in [-0.15, -0.1) is 0 Å². The first-order valence-electron chi connectivity index (χ1n) is 5.12. The van der Waals surface area contributed by atoms with Crippen molar-refractivity contribution in [3.05, 3.63) is 23.9 Å². The summed E-state index contributed by atoms with van der Waals surface area (Å²) in [6.07, 6.45) is 3.60. The lowest BCUT2D eigenvalue weighted by Crippen LogP contribution is -2.29. The minimum absolute atomic E-state index is 0.0731. The van der Waals surface area contributed by atoms with E-state index in [9.17, 15) is 4.79 Å². The molecule has 0 bridgehead atoms. The highest BCUT2D eigenvalue weighted by Gasteiger charge is 2.07. The summed E-state index contributed by atoms with van der Waals surface area (Å²) in [5.74, 6) is 0.685. The lowest BCUT2D eigenvalue weighted by Gasteiger charge is -2.09. The molecular weight excluding hydrogens is 222 g/mol.